The van der Waals surface area contributed by atoms with Crippen LogP contribution in [0, 0.1) is 0 Å². The number of nitrogens with one attached hydrogen (secondary N) is 2. The molecule has 0 fully saturated rings. The molecule has 0 aromatic heterocycles. The SMILES string of the molecule is CCNP(=O)(NCC)C(C)(C)C. The molecular formula is C8H21N2OP. The Labute approximate surface area is 75.8 Å². The lowest BCUT2D eigenvalue weighted by Gasteiger charge is -2.31. The number of hydrogen-bond acceptors (Lipinski definition) is 1. The highest BCUT2D eigenvalue weighted by molar-refractivity contribution is 7.61. The number of hydrogen-bond donors (Lipinski definition) is 2. The van der Waals surface area contributed by atoms with Gasteiger partial charge in [-0.1, -0.05) is 34.6 Å². The normalized spacial score (nSPS) is 13.4. The van der Waals surface area contributed by atoms with E-state index >= 15 is 0 Å². The second kappa shape index (κ2) is 4.40. The fourth-order valence-corrected chi connectivity index (χ4v) is 2.93. The molecule has 0 saturated heterocycles. The van der Waals surface area contributed by atoms with E-state index in [0.29, 0.717) is 0 Å². The van der Waals surface area contributed by atoms with Gasteiger partial charge in [-0.25, -0.2) is 0 Å². The van der Waals surface area contributed by atoms with Gasteiger partial charge >= 0.3 is 0 Å². The Bertz CT molecular complexity index is 164. The van der Waals surface area contributed by atoms with Gasteiger partial charge in [0, 0.05) is 5.16 Å². The molecule has 0 atom stereocenters. The van der Waals surface area contributed by atoms with Crippen molar-refractivity contribution in [3.05, 3.63) is 0 Å². The van der Waals surface area contributed by atoms with Crippen molar-refractivity contribution in [3.63, 3.8) is 0 Å². The van der Waals surface area contributed by atoms with Crippen molar-refractivity contribution in [1.29, 1.82) is 0 Å². The van der Waals surface area contributed by atoms with Gasteiger partial charge in [-0.15, -0.1) is 0 Å². The van der Waals surface area contributed by atoms with E-state index in [1.807, 2.05) is 34.6 Å². The van der Waals surface area contributed by atoms with Crippen LogP contribution < -0.4 is 10.2 Å². The maximum Gasteiger partial charge on any atom is 0.216 e. The highest BCUT2D eigenvalue weighted by atomic mass is 31.2. The summed E-state index contributed by atoms with van der Waals surface area (Å²) < 4.78 is 12.2. The minimum Gasteiger partial charge on any atom is -0.289 e. The summed E-state index contributed by atoms with van der Waals surface area (Å²) in [7, 11) is -2.40. The molecule has 0 aromatic carbocycles. The van der Waals surface area contributed by atoms with E-state index in [0.717, 1.165) is 13.1 Å². The first-order valence-corrected chi connectivity index (χ1v) is 6.18. The first-order chi connectivity index (χ1) is 5.37. The summed E-state index contributed by atoms with van der Waals surface area (Å²) in [4.78, 5) is 0. The largest absolute Gasteiger partial charge is 0.289 e. The predicted molar refractivity (Wildman–Crippen MR) is 54.7 cm³/mol. The monoisotopic (exact) mass is 192 g/mol. The van der Waals surface area contributed by atoms with E-state index in [1.165, 1.54) is 0 Å². The van der Waals surface area contributed by atoms with Gasteiger partial charge in [-0.3, -0.25) is 14.7 Å². The van der Waals surface area contributed by atoms with Crippen LogP contribution in [0.3, 0.4) is 0 Å². The minimum absolute atomic E-state index is 0.209. The van der Waals surface area contributed by atoms with Crippen molar-refractivity contribution >= 4 is 7.44 Å². The molecule has 0 aliphatic rings. The van der Waals surface area contributed by atoms with Crippen LogP contribution in [0.25, 0.3) is 0 Å². The Morgan fingerprint density at radius 3 is 1.58 bits per heavy atom. The van der Waals surface area contributed by atoms with E-state index in [9.17, 15) is 4.57 Å². The van der Waals surface area contributed by atoms with Gasteiger partial charge in [-0.05, 0) is 13.1 Å². The minimum atomic E-state index is -2.40. The second-order valence-electron chi connectivity index (χ2n) is 3.80. The molecule has 0 radical (unpaired) electrons. The maximum atomic E-state index is 12.2. The Morgan fingerprint density at radius 1 is 1.08 bits per heavy atom. The van der Waals surface area contributed by atoms with E-state index in [2.05, 4.69) is 10.2 Å². The Morgan fingerprint density at radius 2 is 1.42 bits per heavy atom. The van der Waals surface area contributed by atoms with Crippen LogP contribution >= 0.6 is 7.44 Å². The topological polar surface area (TPSA) is 41.1 Å². The van der Waals surface area contributed by atoms with Crippen molar-refractivity contribution in [2.45, 2.75) is 39.8 Å². The van der Waals surface area contributed by atoms with Crippen LogP contribution in [0.4, 0.5) is 0 Å². The molecule has 0 aromatic rings. The third kappa shape index (κ3) is 2.89. The highest BCUT2D eigenvalue weighted by Gasteiger charge is 2.34. The molecule has 4 heteroatoms. The van der Waals surface area contributed by atoms with E-state index in [4.69, 9.17) is 0 Å². The molecule has 0 saturated carbocycles. The van der Waals surface area contributed by atoms with Crippen LogP contribution in [0.5, 0.6) is 0 Å². The highest BCUT2D eigenvalue weighted by Crippen LogP contribution is 2.49. The molecule has 0 spiro atoms. The molecule has 0 aliphatic heterocycles. The van der Waals surface area contributed by atoms with Gasteiger partial charge in [0.15, 0.2) is 0 Å². The molecule has 0 bridgehead atoms. The average Bonchev–Trinajstić information content (AvgIpc) is 1.86. The van der Waals surface area contributed by atoms with Gasteiger partial charge < -0.3 is 0 Å². The Balaban J connectivity index is 4.51. The zero-order chi connectivity index (χ0) is 9.83. The molecule has 0 aliphatic carbocycles. The van der Waals surface area contributed by atoms with Crippen molar-refractivity contribution < 1.29 is 4.57 Å². The average molecular weight is 192 g/mol. The third-order valence-corrected chi connectivity index (χ3v) is 5.12. The molecule has 0 rings (SSSR count). The summed E-state index contributed by atoms with van der Waals surface area (Å²) in [6, 6.07) is 0. The molecule has 0 heterocycles. The van der Waals surface area contributed by atoms with Crippen LogP contribution in [-0.4, -0.2) is 18.2 Å². The lowest BCUT2D eigenvalue weighted by atomic mass is 10.3. The summed E-state index contributed by atoms with van der Waals surface area (Å²) >= 11 is 0. The van der Waals surface area contributed by atoms with Gasteiger partial charge in [0.2, 0.25) is 7.44 Å². The van der Waals surface area contributed by atoms with Crippen molar-refractivity contribution in [2.75, 3.05) is 13.1 Å². The van der Waals surface area contributed by atoms with E-state index in [1.54, 1.807) is 0 Å². The van der Waals surface area contributed by atoms with Gasteiger partial charge in [0.1, 0.15) is 0 Å². The molecular weight excluding hydrogens is 171 g/mol. The Hall–Kier alpha value is 0.150. The molecule has 74 valence electrons. The summed E-state index contributed by atoms with van der Waals surface area (Å²) in [5.41, 5.74) is 0. The molecule has 12 heavy (non-hydrogen) atoms. The number of rotatable bonds is 4. The maximum absolute atomic E-state index is 12.2. The van der Waals surface area contributed by atoms with Crippen molar-refractivity contribution in [1.82, 2.24) is 10.2 Å². The predicted octanol–water partition coefficient (Wildman–Crippen LogP) is 2.20. The summed E-state index contributed by atoms with van der Waals surface area (Å²) in [6.45, 7) is 11.4. The zero-order valence-electron chi connectivity index (χ0n) is 8.77. The smallest absolute Gasteiger partial charge is 0.216 e. The fourth-order valence-electron chi connectivity index (χ4n) is 0.976. The van der Waals surface area contributed by atoms with Crippen molar-refractivity contribution in [3.8, 4) is 0 Å². The quantitative estimate of drug-likeness (QED) is 0.671. The lowest BCUT2D eigenvalue weighted by Crippen LogP contribution is -2.34. The summed E-state index contributed by atoms with van der Waals surface area (Å²) in [5.74, 6) is 0. The lowest BCUT2D eigenvalue weighted by molar-refractivity contribution is 0.525. The summed E-state index contributed by atoms with van der Waals surface area (Å²) in [6.07, 6.45) is 0. The molecule has 3 nitrogen and oxygen atoms in total. The Kier molecular flexibility index (Phi) is 4.46. The van der Waals surface area contributed by atoms with Crippen molar-refractivity contribution in [2.24, 2.45) is 0 Å². The standard InChI is InChI=1S/C8H21N2OP/c1-6-9-12(11,10-7-2)8(3,4)5/h6-7H2,1-5H3,(H2,9,10,11). The van der Waals surface area contributed by atoms with Gasteiger partial charge in [0.05, 0.1) is 0 Å². The third-order valence-electron chi connectivity index (χ3n) is 1.71. The first-order valence-electron chi connectivity index (χ1n) is 4.47. The first kappa shape index (κ1) is 12.2. The van der Waals surface area contributed by atoms with Gasteiger partial charge in [0.25, 0.3) is 0 Å². The molecule has 0 unspecified atom stereocenters. The van der Waals surface area contributed by atoms with Crippen LogP contribution in [-0.2, 0) is 4.57 Å². The second-order valence-corrected chi connectivity index (χ2v) is 7.00. The van der Waals surface area contributed by atoms with Crippen LogP contribution in [0.2, 0.25) is 0 Å². The molecule has 0 amide bonds. The van der Waals surface area contributed by atoms with Crippen LogP contribution in [0.1, 0.15) is 34.6 Å². The van der Waals surface area contributed by atoms with E-state index in [-0.39, 0.29) is 5.16 Å². The molecule has 2 N–H and O–H groups in total. The summed E-state index contributed by atoms with van der Waals surface area (Å²) in [5, 5.41) is 5.88. The fraction of sp³-hybridized carbons (Fsp3) is 1.00. The zero-order valence-corrected chi connectivity index (χ0v) is 9.66. The van der Waals surface area contributed by atoms with Gasteiger partial charge in [-0.2, -0.15) is 0 Å². The van der Waals surface area contributed by atoms with E-state index < -0.39 is 7.44 Å². The van der Waals surface area contributed by atoms with Crippen LogP contribution in [0.15, 0.2) is 0 Å².